The molecule has 0 amide bonds. The maximum Gasteiger partial charge on any atom is 0.278 e. The van der Waals surface area contributed by atoms with Crippen LogP contribution in [0.5, 0.6) is 5.75 Å². The predicted molar refractivity (Wildman–Crippen MR) is 111 cm³/mol. The van der Waals surface area contributed by atoms with Crippen LogP contribution in [-0.4, -0.2) is 26.0 Å². The Hall–Kier alpha value is -3.52. The fourth-order valence-electron chi connectivity index (χ4n) is 3.51. The number of benzene rings is 2. The van der Waals surface area contributed by atoms with Gasteiger partial charge in [0.2, 0.25) is 5.82 Å². The van der Waals surface area contributed by atoms with Crippen LogP contribution in [0.1, 0.15) is 31.2 Å². The van der Waals surface area contributed by atoms with Gasteiger partial charge in [0.1, 0.15) is 17.7 Å². The van der Waals surface area contributed by atoms with Gasteiger partial charge in [0, 0.05) is 5.56 Å². The van der Waals surface area contributed by atoms with Crippen molar-refractivity contribution < 1.29 is 18.4 Å². The minimum absolute atomic E-state index is 0.112. The molecule has 8 heteroatoms. The van der Waals surface area contributed by atoms with Crippen molar-refractivity contribution in [1.29, 1.82) is 0 Å². The minimum atomic E-state index is -0.268. The number of ether oxygens (including phenoxy) is 2. The van der Waals surface area contributed by atoms with Crippen molar-refractivity contribution >= 4 is 0 Å². The highest BCUT2D eigenvalue weighted by Gasteiger charge is 2.24. The first-order chi connectivity index (χ1) is 15.0. The molecule has 1 aliphatic rings. The van der Waals surface area contributed by atoms with E-state index in [0.29, 0.717) is 30.6 Å². The number of nitrogens with zero attached hydrogens (tertiary/aromatic N) is 4. The molecule has 0 unspecified atom stereocenters. The van der Waals surface area contributed by atoms with Crippen LogP contribution in [0.2, 0.25) is 0 Å². The summed E-state index contributed by atoms with van der Waals surface area (Å²) >= 11 is 0. The molecule has 2 aromatic carbocycles. The number of aromatic nitrogens is 4. The summed E-state index contributed by atoms with van der Waals surface area (Å²) in [6.45, 7) is 4.89. The summed E-state index contributed by atoms with van der Waals surface area (Å²) in [6, 6.07) is 15.8. The Morgan fingerprint density at radius 2 is 1.87 bits per heavy atom. The number of hydrogen-bond donors (Lipinski definition) is 0. The third-order valence-corrected chi connectivity index (χ3v) is 5.01. The van der Waals surface area contributed by atoms with Crippen LogP contribution in [0, 0.1) is 5.82 Å². The lowest BCUT2D eigenvalue weighted by Crippen LogP contribution is -2.21. The predicted octanol–water partition coefficient (Wildman–Crippen LogP) is 4.80. The number of halogens is 1. The summed E-state index contributed by atoms with van der Waals surface area (Å²) in [5.41, 5.74) is 3.25. The van der Waals surface area contributed by atoms with E-state index in [-0.39, 0.29) is 18.0 Å². The Morgan fingerprint density at radius 1 is 1.10 bits per heavy atom. The van der Waals surface area contributed by atoms with Gasteiger partial charge in [0.05, 0.1) is 24.9 Å². The van der Waals surface area contributed by atoms with E-state index in [2.05, 4.69) is 15.2 Å². The maximum absolute atomic E-state index is 13.2. The maximum atomic E-state index is 13.2. The molecule has 0 saturated carbocycles. The molecular formula is C23H21FN4O3. The molecular weight excluding hydrogens is 399 g/mol. The molecule has 0 saturated heterocycles. The summed E-state index contributed by atoms with van der Waals surface area (Å²) in [4.78, 5) is 4.49. The first-order valence-corrected chi connectivity index (χ1v) is 10.1. The lowest BCUT2D eigenvalue weighted by Gasteiger charge is -2.24. The van der Waals surface area contributed by atoms with Gasteiger partial charge >= 0.3 is 0 Å². The van der Waals surface area contributed by atoms with E-state index in [9.17, 15) is 4.39 Å². The first kappa shape index (κ1) is 19.4. The van der Waals surface area contributed by atoms with Crippen molar-refractivity contribution in [2.75, 3.05) is 0 Å². The lowest BCUT2D eigenvalue weighted by atomic mass is 10.1. The van der Waals surface area contributed by atoms with Crippen molar-refractivity contribution in [3.8, 4) is 28.7 Å². The van der Waals surface area contributed by atoms with Crippen molar-refractivity contribution in [2.24, 2.45) is 0 Å². The van der Waals surface area contributed by atoms with Crippen molar-refractivity contribution in [3.63, 3.8) is 0 Å². The molecule has 7 nitrogen and oxygen atoms in total. The van der Waals surface area contributed by atoms with Crippen LogP contribution in [0.4, 0.5) is 4.39 Å². The highest BCUT2D eigenvalue weighted by atomic mass is 19.1. The SMILES string of the molecule is CC(C)Oc1ccc(-c2noc(-c3cc4n(n3)C[C@@H](c3ccc(F)cc3)OC4)n2)cc1. The van der Waals surface area contributed by atoms with Crippen molar-refractivity contribution in [1.82, 2.24) is 19.9 Å². The molecule has 1 aliphatic heterocycles. The summed E-state index contributed by atoms with van der Waals surface area (Å²) in [7, 11) is 0. The zero-order valence-corrected chi connectivity index (χ0v) is 17.2. The van der Waals surface area contributed by atoms with E-state index in [1.54, 1.807) is 12.1 Å². The van der Waals surface area contributed by atoms with Crippen molar-refractivity contribution in [2.45, 2.75) is 39.2 Å². The highest BCUT2D eigenvalue weighted by Crippen LogP contribution is 2.29. The summed E-state index contributed by atoms with van der Waals surface area (Å²) in [6.07, 6.45) is -0.0770. The molecule has 0 fully saturated rings. The van der Waals surface area contributed by atoms with E-state index >= 15 is 0 Å². The summed E-state index contributed by atoms with van der Waals surface area (Å²) in [5.74, 6) is 1.35. The minimum Gasteiger partial charge on any atom is -0.491 e. The fraction of sp³-hybridized carbons (Fsp3) is 0.261. The average Bonchev–Trinajstić information content (AvgIpc) is 3.41. The van der Waals surface area contributed by atoms with Crippen LogP contribution in [-0.2, 0) is 17.9 Å². The van der Waals surface area contributed by atoms with Crippen molar-refractivity contribution in [3.05, 3.63) is 71.7 Å². The zero-order chi connectivity index (χ0) is 21.4. The number of hydrogen-bond acceptors (Lipinski definition) is 6. The largest absolute Gasteiger partial charge is 0.491 e. The lowest BCUT2D eigenvalue weighted by molar-refractivity contribution is -0.00116. The van der Waals surface area contributed by atoms with Crippen LogP contribution in [0.15, 0.2) is 59.1 Å². The molecule has 5 rings (SSSR count). The molecule has 0 spiro atoms. The van der Waals surface area contributed by atoms with Gasteiger partial charge in [-0.3, -0.25) is 4.68 Å². The van der Waals surface area contributed by atoms with Gasteiger partial charge in [-0.05, 0) is 61.9 Å². The number of fused-ring (bicyclic) bond motifs is 1. The molecule has 2 aromatic heterocycles. The van der Waals surface area contributed by atoms with Crippen LogP contribution in [0.25, 0.3) is 23.0 Å². The fourth-order valence-corrected chi connectivity index (χ4v) is 3.51. The summed E-state index contributed by atoms with van der Waals surface area (Å²) in [5, 5.41) is 8.70. The summed E-state index contributed by atoms with van der Waals surface area (Å²) < 4.78 is 32.1. The van der Waals surface area contributed by atoms with E-state index < -0.39 is 0 Å². The first-order valence-electron chi connectivity index (χ1n) is 10.1. The van der Waals surface area contributed by atoms with Crippen LogP contribution in [0.3, 0.4) is 0 Å². The standard InChI is InChI=1S/C23H21FN4O3/c1-14(2)30-19-9-5-16(6-10-19)22-25-23(31-27-22)20-11-18-13-29-21(12-28(18)26-20)15-3-7-17(24)8-4-15/h3-11,14,21H,12-13H2,1-2H3/t21-/m0/s1. The van der Waals surface area contributed by atoms with Crippen LogP contribution >= 0.6 is 0 Å². The quantitative estimate of drug-likeness (QED) is 0.462. The highest BCUT2D eigenvalue weighted by molar-refractivity contribution is 5.59. The molecule has 4 aromatic rings. The average molecular weight is 420 g/mol. The molecule has 0 N–H and O–H groups in total. The molecule has 0 bridgehead atoms. The second kappa shape index (κ2) is 7.96. The second-order valence-electron chi connectivity index (χ2n) is 7.67. The van der Waals surface area contributed by atoms with E-state index in [4.69, 9.17) is 14.0 Å². The second-order valence-corrected chi connectivity index (χ2v) is 7.67. The van der Waals surface area contributed by atoms with Gasteiger partial charge < -0.3 is 14.0 Å². The Kier molecular flexibility index (Phi) is 4.99. The topological polar surface area (TPSA) is 75.2 Å². The molecule has 0 aliphatic carbocycles. The van der Waals surface area contributed by atoms with Gasteiger partial charge in [0.15, 0.2) is 5.69 Å². The number of rotatable bonds is 5. The van der Waals surface area contributed by atoms with Gasteiger partial charge in [0.25, 0.3) is 5.89 Å². The molecule has 158 valence electrons. The van der Waals surface area contributed by atoms with Gasteiger partial charge in [-0.25, -0.2) is 4.39 Å². The molecule has 1 atom stereocenters. The van der Waals surface area contributed by atoms with Gasteiger partial charge in [-0.15, -0.1) is 0 Å². The normalized spacial score (nSPS) is 15.8. The van der Waals surface area contributed by atoms with E-state index in [1.807, 2.05) is 48.9 Å². The molecule has 31 heavy (non-hydrogen) atoms. The monoisotopic (exact) mass is 420 g/mol. The Labute approximate surface area is 178 Å². The van der Waals surface area contributed by atoms with Gasteiger partial charge in [-0.2, -0.15) is 10.1 Å². The zero-order valence-electron chi connectivity index (χ0n) is 17.2. The Balaban J connectivity index is 1.34. The molecule has 3 heterocycles. The Morgan fingerprint density at radius 3 is 2.61 bits per heavy atom. The smallest absolute Gasteiger partial charge is 0.278 e. The third-order valence-electron chi connectivity index (χ3n) is 5.01. The van der Waals surface area contributed by atoms with Gasteiger partial charge in [-0.1, -0.05) is 17.3 Å². The van der Waals surface area contributed by atoms with E-state index in [0.717, 1.165) is 22.6 Å². The Bertz CT molecular complexity index is 1180. The van der Waals surface area contributed by atoms with Crippen LogP contribution < -0.4 is 4.74 Å². The third kappa shape index (κ3) is 4.06. The molecule has 0 radical (unpaired) electrons. The van der Waals surface area contributed by atoms with E-state index in [1.165, 1.54) is 12.1 Å².